The molecule has 2 N–H and O–H groups in total. The zero-order valence-electron chi connectivity index (χ0n) is 14.6. The topological polar surface area (TPSA) is 67.4 Å². The van der Waals surface area contributed by atoms with Crippen LogP contribution in [0.1, 0.15) is 22.7 Å². The number of methoxy groups -OCH3 is 1. The van der Waals surface area contributed by atoms with E-state index >= 15 is 0 Å². The molecule has 0 radical (unpaired) electrons. The molecule has 2 aromatic carbocycles. The molecule has 8 heteroatoms. The second-order valence-electron chi connectivity index (χ2n) is 6.01. The van der Waals surface area contributed by atoms with Crippen molar-refractivity contribution in [3.8, 4) is 5.75 Å². The van der Waals surface area contributed by atoms with Gasteiger partial charge in [-0.25, -0.2) is 17.5 Å². The Balaban J connectivity index is 0.00000243. The summed E-state index contributed by atoms with van der Waals surface area (Å²) < 4.78 is 46.9. The van der Waals surface area contributed by atoms with E-state index in [2.05, 4.69) is 16.1 Å². The number of benzene rings is 2. The number of hydrogen-bond acceptors (Lipinski definition) is 4. The normalized spacial score (nSPS) is 16.5. The average molecular weight is 401 g/mol. The molecular weight excluding hydrogens is 379 g/mol. The Hall–Kier alpha value is -1.67. The van der Waals surface area contributed by atoms with Crippen LogP contribution in [0.15, 0.2) is 41.3 Å². The fourth-order valence-electron chi connectivity index (χ4n) is 3.14. The first-order valence-electron chi connectivity index (χ1n) is 8.08. The smallest absolute Gasteiger partial charge is 0.241 e. The molecule has 0 amide bonds. The molecule has 0 spiro atoms. The van der Waals surface area contributed by atoms with Crippen molar-refractivity contribution < 1.29 is 17.5 Å². The van der Waals surface area contributed by atoms with Crippen LogP contribution in [0.4, 0.5) is 4.39 Å². The summed E-state index contributed by atoms with van der Waals surface area (Å²) in [7, 11) is -2.48. The quantitative estimate of drug-likeness (QED) is 0.809. The van der Waals surface area contributed by atoms with Crippen molar-refractivity contribution in [2.24, 2.45) is 0 Å². The lowest BCUT2D eigenvalue weighted by Crippen LogP contribution is -2.39. The van der Waals surface area contributed by atoms with Crippen molar-refractivity contribution in [2.75, 3.05) is 20.2 Å². The molecule has 1 atom stereocenters. The lowest BCUT2D eigenvalue weighted by Gasteiger charge is -2.27. The molecule has 0 fully saturated rings. The summed E-state index contributed by atoms with van der Waals surface area (Å²) >= 11 is 0. The van der Waals surface area contributed by atoms with Gasteiger partial charge in [0.1, 0.15) is 0 Å². The van der Waals surface area contributed by atoms with Crippen LogP contribution in [0.2, 0.25) is 0 Å². The van der Waals surface area contributed by atoms with Gasteiger partial charge in [0.25, 0.3) is 0 Å². The second kappa shape index (κ2) is 8.35. The first-order chi connectivity index (χ1) is 11.9. The predicted octanol–water partition coefficient (Wildman–Crippen LogP) is 2.73. The Bertz CT molecular complexity index is 890. The molecule has 2 aromatic rings. The fraction of sp³-hybridized carbons (Fsp3) is 0.333. The maximum Gasteiger partial charge on any atom is 0.241 e. The van der Waals surface area contributed by atoms with Crippen LogP contribution in [0.25, 0.3) is 0 Å². The number of hydrogen-bond donors (Lipinski definition) is 2. The largest absolute Gasteiger partial charge is 0.494 e. The number of ether oxygens (including phenoxy) is 1. The maximum atomic E-state index is 14.2. The third-order valence-electron chi connectivity index (χ3n) is 4.50. The zero-order valence-corrected chi connectivity index (χ0v) is 16.2. The van der Waals surface area contributed by atoms with Crippen molar-refractivity contribution in [1.82, 2.24) is 10.0 Å². The van der Waals surface area contributed by atoms with E-state index in [1.54, 1.807) is 0 Å². The molecule has 3 rings (SSSR count). The monoisotopic (exact) mass is 400 g/mol. The molecular formula is C18H22ClFN2O3S. The van der Waals surface area contributed by atoms with E-state index in [0.717, 1.165) is 18.5 Å². The lowest BCUT2D eigenvalue weighted by molar-refractivity contribution is 0.384. The molecule has 26 heavy (non-hydrogen) atoms. The number of fused-ring (bicyclic) bond motifs is 1. The molecule has 5 nitrogen and oxygen atoms in total. The third kappa shape index (κ3) is 4.01. The number of rotatable bonds is 5. The van der Waals surface area contributed by atoms with Gasteiger partial charge in [0.05, 0.1) is 12.0 Å². The van der Waals surface area contributed by atoms with Crippen molar-refractivity contribution in [2.45, 2.75) is 24.3 Å². The van der Waals surface area contributed by atoms with Gasteiger partial charge in [0.2, 0.25) is 10.0 Å². The van der Waals surface area contributed by atoms with Gasteiger partial charge in [-0.1, -0.05) is 24.3 Å². The second-order valence-corrected chi connectivity index (χ2v) is 7.75. The van der Waals surface area contributed by atoms with Crippen LogP contribution < -0.4 is 14.8 Å². The van der Waals surface area contributed by atoms with Gasteiger partial charge in [-0.3, -0.25) is 0 Å². The molecule has 0 saturated heterocycles. The molecule has 0 bridgehead atoms. The molecule has 1 aliphatic rings. The summed E-state index contributed by atoms with van der Waals surface area (Å²) in [6.07, 6.45) is 0.919. The van der Waals surface area contributed by atoms with Crippen LogP contribution >= 0.6 is 12.4 Å². The number of nitrogens with one attached hydrogen (secondary N) is 2. The molecule has 1 unspecified atom stereocenters. The maximum absolute atomic E-state index is 14.2. The summed E-state index contributed by atoms with van der Waals surface area (Å²) in [5.41, 5.74) is 2.36. The molecule has 0 saturated carbocycles. The Kier molecular flexibility index (Phi) is 6.63. The Morgan fingerprint density at radius 3 is 2.73 bits per heavy atom. The molecule has 1 aliphatic heterocycles. The minimum absolute atomic E-state index is 0. The van der Waals surface area contributed by atoms with Gasteiger partial charge in [-0.05, 0) is 43.1 Å². The molecule has 0 aromatic heterocycles. The highest BCUT2D eigenvalue weighted by Crippen LogP contribution is 2.27. The highest BCUT2D eigenvalue weighted by molar-refractivity contribution is 7.89. The van der Waals surface area contributed by atoms with E-state index in [-0.39, 0.29) is 41.2 Å². The van der Waals surface area contributed by atoms with Gasteiger partial charge in [0, 0.05) is 18.2 Å². The van der Waals surface area contributed by atoms with Crippen LogP contribution in [0.5, 0.6) is 5.75 Å². The standard InChI is InChI=1S/C18H21FN2O3S.ClH/c1-12-17(8-7-16(24-2)18(12)19)25(22,23)21-11-15-14-6-4-3-5-13(14)9-10-20-15;/h3-8,15,20-21H,9-11H2,1-2H3;1H. The van der Waals surface area contributed by atoms with Crippen LogP contribution in [-0.4, -0.2) is 28.6 Å². The number of halogens is 2. The summed E-state index contributed by atoms with van der Waals surface area (Å²) in [4.78, 5) is -0.0742. The third-order valence-corrected chi connectivity index (χ3v) is 6.07. The van der Waals surface area contributed by atoms with Gasteiger partial charge in [-0.15, -0.1) is 12.4 Å². The molecule has 0 aliphatic carbocycles. The van der Waals surface area contributed by atoms with E-state index in [1.165, 1.54) is 31.7 Å². The van der Waals surface area contributed by atoms with Gasteiger partial charge < -0.3 is 10.1 Å². The summed E-state index contributed by atoms with van der Waals surface area (Å²) in [6, 6.07) is 10.6. The van der Waals surface area contributed by atoms with Gasteiger partial charge in [-0.2, -0.15) is 0 Å². The van der Waals surface area contributed by atoms with Crippen molar-refractivity contribution in [1.29, 1.82) is 0 Å². The summed E-state index contributed by atoms with van der Waals surface area (Å²) in [6.45, 7) is 2.42. The lowest BCUT2D eigenvalue weighted by atomic mass is 9.95. The van der Waals surface area contributed by atoms with Crippen LogP contribution in [-0.2, 0) is 16.4 Å². The van der Waals surface area contributed by atoms with Crippen molar-refractivity contribution >= 4 is 22.4 Å². The Morgan fingerprint density at radius 2 is 2.00 bits per heavy atom. The zero-order chi connectivity index (χ0) is 18.0. The first kappa shape index (κ1) is 20.6. The summed E-state index contributed by atoms with van der Waals surface area (Å²) in [5, 5.41) is 3.32. The Labute approximate surface area is 159 Å². The van der Waals surface area contributed by atoms with E-state index < -0.39 is 15.8 Å². The molecule has 142 valence electrons. The average Bonchev–Trinajstić information content (AvgIpc) is 2.62. The summed E-state index contributed by atoms with van der Waals surface area (Å²) in [5.74, 6) is -0.633. The van der Waals surface area contributed by atoms with Crippen molar-refractivity contribution in [3.63, 3.8) is 0 Å². The van der Waals surface area contributed by atoms with Gasteiger partial charge in [0.15, 0.2) is 11.6 Å². The fourth-order valence-corrected chi connectivity index (χ4v) is 4.42. The van der Waals surface area contributed by atoms with E-state index in [1.807, 2.05) is 18.2 Å². The van der Waals surface area contributed by atoms with E-state index in [4.69, 9.17) is 4.74 Å². The number of sulfonamides is 1. The van der Waals surface area contributed by atoms with Crippen molar-refractivity contribution in [3.05, 3.63) is 58.9 Å². The van der Waals surface area contributed by atoms with Crippen LogP contribution in [0.3, 0.4) is 0 Å². The highest BCUT2D eigenvalue weighted by Gasteiger charge is 2.24. The van der Waals surface area contributed by atoms with Gasteiger partial charge >= 0.3 is 0 Å². The SMILES string of the molecule is COc1ccc(S(=O)(=O)NCC2NCCc3ccccc32)c(C)c1F.Cl. The van der Waals surface area contributed by atoms with E-state index in [0.29, 0.717) is 0 Å². The minimum atomic E-state index is -3.83. The van der Waals surface area contributed by atoms with E-state index in [9.17, 15) is 12.8 Å². The van der Waals surface area contributed by atoms with Crippen LogP contribution in [0, 0.1) is 12.7 Å². The molecule has 1 heterocycles. The minimum Gasteiger partial charge on any atom is -0.494 e. The predicted molar refractivity (Wildman–Crippen MR) is 101 cm³/mol. The first-order valence-corrected chi connectivity index (χ1v) is 9.56. The Morgan fingerprint density at radius 1 is 1.27 bits per heavy atom. The highest BCUT2D eigenvalue weighted by atomic mass is 35.5.